The van der Waals surface area contributed by atoms with Crippen LogP contribution in [-0.2, 0) is 4.79 Å². The number of anilines is 1. The molecule has 1 aromatic carbocycles. The summed E-state index contributed by atoms with van der Waals surface area (Å²) in [6.45, 7) is 0.725. The summed E-state index contributed by atoms with van der Waals surface area (Å²) in [5.41, 5.74) is 0.943. The maximum absolute atomic E-state index is 13.2. The quantitative estimate of drug-likeness (QED) is 0.915. The maximum Gasteiger partial charge on any atom is 0.242 e. The van der Waals surface area contributed by atoms with Crippen LogP contribution >= 0.6 is 0 Å². The van der Waals surface area contributed by atoms with Gasteiger partial charge in [0.2, 0.25) is 5.91 Å². The van der Waals surface area contributed by atoms with Crippen molar-refractivity contribution in [1.82, 2.24) is 5.32 Å². The van der Waals surface area contributed by atoms with Crippen LogP contribution in [0.15, 0.2) is 18.2 Å². The van der Waals surface area contributed by atoms with Crippen molar-refractivity contribution in [3.05, 3.63) is 29.6 Å². The van der Waals surface area contributed by atoms with Gasteiger partial charge in [-0.15, -0.1) is 0 Å². The SMILES string of the molecule is N#Cc1cc(F)ccc1N1CCCC1C(=O)NC1CC1. The zero-order valence-corrected chi connectivity index (χ0v) is 11.1. The van der Waals surface area contributed by atoms with Crippen LogP contribution in [0.4, 0.5) is 10.1 Å². The van der Waals surface area contributed by atoms with Gasteiger partial charge in [0.1, 0.15) is 17.9 Å². The largest absolute Gasteiger partial charge is 0.358 e. The molecule has 5 heteroatoms. The second-order valence-corrected chi connectivity index (χ2v) is 5.41. The summed E-state index contributed by atoms with van der Waals surface area (Å²) in [5.74, 6) is -0.401. The van der Waals surface area contributed by atoms with E-state index in [-0.39, 0.29) is 17.5 Å². The van der Waals surface area contributed by atoms with Crippen LogP contribution in [0.2, 0.25) is 0 Å². The van der Waals surface area contributed by atoms with E-state index in [1.54, 1.807) is 6.07 Å². The number of nitrogens with zero attached hydrogens (tertiary/aromatic N) is 2. The lowest BCUT2D eigenvalue weighted by molar-refractivity contribution is -0.122. The molecule has 1 aliphatic heterocycles. The predicted molar refractivity (Wildman–Crippen MR) is 72.6 cm³/mol. The first-order valence-electron chi connectivity index (χ1n) is 6.95. The second-order valence-electron chi connectivity index (χ2n) is 5.41. The molecule has 2 aliphatic rings. The third kappa shape index (κ3) is 2.46. The Morgan fingerprint density at radius 3 is 2.90 bits per heavy atom. The highest BCUT2D eigenvalue weighted by Crippen LogP contribution is 2.30. The fourth-order valence-electron chi connectivity index (χ4n) is 2.70. The standard InChI is InChI=1S/C15H16FN3O/c16-11-3-6-13(10(8-11)9-17)19-7-1-2-14(19)15(20)18-12-4-5-12/h3,6,8,12,14H,1-2,4-5,7H2,(H,18,20). The molecule has 1 atom stereocenters. The Labute approximate surface area is 117 Å². The van der Waals surface area contributed by atoms with Gasteiger partial charge >= 0.3 is 0 Å². The minimum absolute atomic E-state index is 0.0261. The van der Waals surface area contributed by atoms with Gasteiger partial charge in [-0.05, 0) is 43.9 Å². The Bertz CT molecular complexity index is 577. The van der Waals surface area contributed by atoms with E-state index in [0.29, 0.717) is 11.7 Å². The third-order valence-electron chi connectivity index (χ3n) is 3.87. The second kappa shape index (κ2) is 5.12. The lowest BCUT2D eigenvalue weighted by Crippen LogP contribution is -2.44. The summed E-state index contributed by atoms with van der Waals surface area (Å²) < 4.78 is 13.2. The Hall–Kier alpha value is -2.09. The average Bonchev–Trinajstić information content (AvgIpc) is 3.12. The molecule has 1 amide bonds. The van der Waals surface area contributed by atoms with Crippen LogP contribution in [0.3, 0.4) is 0 Å². The van der Waals surface area contributed by atoms with Gasteiger partial charge in [-0.1, -0.05) is 0 Å². The Kier molecular flexibility index (Phi) is 3.31. The van der Waals surface area contributed by atoms with Crippen molar-refractivity contribution in [2.24, 2.45) is 0 Å². The molecule has 1 N–H and O–H groups in total. The number of amides is 1. The number of carbonyl (C=O) groups excluding carboxylic acids is 1. The Morgan fingerprint density at radius 2 is 2.20 bits per heavy atom. The smallest absolute Gasteiger partial charge is 0.242 e. The molecule has 1 saturated carbocycles. The van der Waals surface area contributed by atoms with E-state index in [2.05, 4.69) is 5.32 Å². The van der Waals surface area contributed by atoms with Crippen LogP contribution in [0, 0.1) is 17.1 Å². The summed E-state index contributed by atoms with van der Waals surface area (Å²) in [6, 6.07) is 6.25. The van der Waals surface area contributed by atoms with Gasteiger partial charge < -0.3 is 10.2 Å². The topological polar surface area (TPSA) is 56.1 Å². The molecule has 1 aromatic rings. The molecular formula is C15H16FN3O. The molecule has 1 aliphatic carbocycles. The van der Waals surface area contributed by atoms with Crippen molar-refractivity contribution >= 4 is 11.6 Å². The molecule has 0 bridgehead atoms. The van der Waals surface area contributed by atoms with Crippen molar-refractivity contribution in [3.8, 4) is 6.07 Å². The van der Waals surface area contributed by atoms with Gasteiger partial charge in [-0.25, -0.2) is 4.39 Å². The molecule has 0 spiro atoms. The van der Waals surface area contributed by atoms with Gasteiger partial charge in [-0.3, -0.25) is 4.79 Å². The monoisotopic (exact) mass is 273 g/mol. The van der Waals surface area contributed by atoms with Crippen molar-refractivity contribution in [2.45, 2.75) is 37.8 Å². The maximum atomic E-state index is 13.2. The fraction of sp³-hybridized carbons (Fsp3) is 0.467. The number of benzene rings is 1. The minimum atomic E-state index is -0.427. The molecular weight excluding hydrogens is 257 g/mol. The number of rotatable bonds is 3. The van der Waals surface area contributed by atoms with E-state index in [0.717, 1.165) is 32.2 Å². The van der Waals surface area contributed by atoms with Crippen LogP contribution in [0.5, 0.6) is 0 Å². The normalized spacial score (nSPS) is 21.6. The van der Waals surface area contributed by atoms with E-state index < -0.39 is 5.82 Å². The number of nitrogens with one attached hydrogen (secondary N) is 1. The van der Waals surface area contributed by atoms with Crippen molar-refractivity contribution in [3.63, 3.8) is 0 Å². The minimum Gasteiger partial charge on any atom is -0.358 e. The molecule has 0 radical (unpaired) electrons. The first kappa shape index (κ1) is 12.9. The molecule has 0 aromatic heterocycles. The molecule has 1 unspecified atom stereocenters. The first-order chi connectivity index (χ1) is 9.69. The summed E-state index contributed by atoms with van der Waals surface area (Å²) >= 11 is 0. The zero-order chi connectivity index (χ0) is 14.1. The predicted octanol–water partition coefficient (Wildman–Crippen LogP) is 1.94. The van der Waals surface area contributed by atoms with Crippen molar-refractivity contribution in [2.75, 3.05) is 11.4 Å². The van der Waals surface area contributed by atoms with Crippen LogP contribution in [0.25, 0.3) is 0 Å². The van der Waals surface area contributed by atoms with E-state index in [1.165, 1.54) is 12.1 Å². The number of nitriles is 1. The molecule has 1 saturated heterocycles. The molecule has 1 heterocycles. The fourth-order valence-corrected chi connectivity index (χ4v) is 2.70. The molecule has 104 valence electrons. The zero-order valence-electron chi connectivity index (χ0n) is 11.1. The highest BCUT2D eigenvalue weighted by Gasteiger charge is 2.34. The summed E-state index contributed by atoms with van der Waals surface area (Å²) in [7, 11) is 0. The van der Waals surface area contributed by atoms with Gasteiger partial charge in [0, 0.05) is 12.6 Å². The Morgan fingerprint density at radius 1 is 1.40 bits per heavy atom. The molecule has 20 heavy (non-hydrogen) atoms. The van der Waals surface area contributed by atoms with Gasteiger partial charge in [0.25, 0.3) is 0 Å². The first-order valence-corrected chi connectivity index (χ1v) is 6.95. The van der Waals surface area contributed by atoms with Gasteiger partial charge in [0.15, 0.2) is 0 Å². The average molecular weight is 273 g/mol. The van der Waals surface area contributed by atoms with E-state index >= 15 is 0 Å². The van der Waals surface area contributed by atoms with Crippen LogP contribution in [0.1, 0.15) is 31.2 Å². The van der Waals surface area contributed by atoms with Crippen molar-refractivity contribution in [1.29, 1.82) is 5.26 Å². The van der Waals surface area contributed by atoms with Crippen LogP contribution < -0.4 is 10.2 Å². The van der Waals surface area contributed by atoms with Crippen LogP contribution in [-0.4, -0.2) is 24.5 Å². The molecule has 4 nitrogen and oxygen atoms in total. The number of hydrogen-bond acceptors (Lipinski definition) is 3. The third-order valence-corrected chi connectivity index (χ3v) is 3.87. The lowest BCUT2D eigenvalue weighted by Gasteiger charge is -2.26. The highest BCUT2D eigenvalue weighted by atomic mass is 19.1. The van der Waals surface area contributed by atoms with E-state index in [4.69, 9.17) is 5.26 Å². The van der Waals surface area contributed by atoms with Gasteiger partial charge in [-0.2, -0.15) is 5.26 Å². The highest BCUT2D eigenvalue weighted by molar-refractivity contribution is 5.87. The summed E-state index contributed by atoms with van der Waals surface area (Å²) in [6.07, 6.45) is 3.79. The summed E-state index contributed by atoms with van der Waals surface area (Å²) in [5, 5.41) is 12.1. The van der Waals surface area contributed by atoms with Gasteiger partial charge in [0.05, 0.1) is 11.3 Å². The van der Waals surface area contributed by atoms with E-state index in [1.807, 2.05) is 11.0 Å². The Balaban J connectivity index is 1.84. The molecule has 2 fully saturated rings. The lowest BCUT2D eigenvalue weighted by atomic mass is 10.1. The number of hydrogen-bond donors (Lipinski definition) is 1. The summed E-state index contributed by atoms with van der Waals surface area (Å²) in [4.78, 5) is 14.2. The van der Waals surface area contributed by atoms with E-state index in [9.17, 15) is 9.18 Å². The van der Waals surface area contributed by atoms with Crippen molar-refractivity contribution < 1.29 is 9.18 Å². The number of halogens is 1. The number of carbonyl (C=O) groups is 1. The molecule has 3 rings (SSSR count).